The zero-order valence-corrected chi connectivity index (χ0v) is 13.8. The van der Waals surface area contributed by atoms with Crippen molar-refractivity contribution in [2.24, 2.45) is 11.7 Å². The van der Waals surface area contributed by atoms with E-state index in [1.807, 2.05) is 0 Å². The highest BCUT2D eigenvalue weighted by atomic mass is 19.4. The first kappa shape index (κ1) is 18.2. The summed E-state index contributed by atoms with van der Waals surface area (Å²) in [5, 5.41) is 2.91. The largest absolute Gasteiger partial charge is 0.439 e. The number of ether oxygens (including phenoxy) is 1. The minimum atomic E-state index is -4.44. The Balaban J connectivity index is 1.61. The number of hydrogen-bond acceptors (Lipinski definition) is 4. The van der Waals surface area contributed by atoms with Crippen LogP contribution in [0, 0.1) is 5.92 Å². The van der Waals surface area contributed by atoms with Gasteiger partial charge in [-0.15, -0.1) is 0 Å². The van der Waals surface area contributed by atoms with Crippen LogP contribution in [0.25, 0.3) is 0 Å². The average molecular weight is 365 g/mol. The van der Waals surface area contributed by atoms with E-state index in [1.54, 1.807) is 24.3 Å². The summed E-state index contributed by atoms with van der Waals surface area (Å²) in [5.41, 5.74) is 5.29. The maximum absolute atomic E-state index is 12.5. The van der Waals surface area contributed by atoms with Crippen LogP contribution >= 0.6 is 0 Å². The molecule has 3 rings (SSSR count). The van der Waals surface area contributed by atoms with Crippen molar-refractivity contribution in [2.45, 2.75) is 25.1 Å². The number of nitrogens with one attached hydrogen (secondary N) is 1. The minimum absolute atomic E-state index is 0.0187. The van der Waals surface area contributed by atoms with Crippen molar-refractivity contribution < 1.29 is 22.7 Å². The first-order chi connectivity index (χ1) is 12.4. The average Bonchev–Trinajstić information content (AvgIpc) is 3.45. The first-order valence-electron chi connectivity index (χ1n) is 8.19. The fraction of sp³-hybridized carbons (Fsp3) is 0.333. The van der Waals surface area contributed by atoms with Crippen molar-refractivity contribution in [3.63, 3.8) is 0 Å². The number of carbonyl (C=O) groups is 1. The van der Waals surface area contributed by atoms with Gasteiger partial charge >= 0.3 is 6.18 Å². The Morgan fingerprint density at radius 2 is 1.92 bits per heavy atom. The van der Waals surface area contributed by atoms with Gasteiger partial charge in [-0.05, 0) is 49.1 Å². The zero-order chi connectivity index (χ0) is 18.7. The molecule has 8 heteroatoms. The van der Waals surface area contributed by atoms with E-state index in [1.165, 1.54) is 0 Å². The molecule has 1 aromatic carbocycles. The molecule has 1 fully saturated rings. The van der Waals surface area contributed by atoms with E-state index < -0.39 is 11.7 Å². The highest BCUT2D eigenvalue weighted by Gasteiger charge is 2.31. The number of nitrogens with zero attached hydrogens (tertiary/aromatic N) is 1. The number of benzene rings is 1. The Hall–Kier alpha value is -2.61. The monoisotopic (exact) mass is 365 g/mol. The molecule has 1 heterocycles. The minimum Gasteiger partial charge on any atom is -0.439 e. The highest BCUT2D eigenvalue weighted by Crippen LogP contribution is 2.32. The Kier molecular flexibility index (Phi) is 5.13. The molecule has 1 aliphatic carbocycles. The molecule has 0 spiro atoms. The first-order valence-corrected chi connectivity index (χ1v) is 8.19. The van der Waals surface area contributed by atoms with E-state index in [0.717, 1.165) is 25.0 Å². The predicted octanol–water partition coefficient (Wildman–Crippen LogP) is 3.36. The molecule has 5 nitrogen and oxygen atoms in total. The lowest BCUT2D eigenvalue weighted by atomic mass is 10.1. The van der Waals surface area contributed by atoms with E-state index >= 15 is 0 Å². The summed E-state index contributed by atoms with van der Waals surface area (Å²) < 4.78 is 42.9. The maximum Gasteiger partial charge on any atom is 0.417 e. The third-order valence-corrected chi connectivity index (χ3v) is 4.16. The molecular weight excluding hydrogens is 347 g/mol. The summed E-state index contributed by atoms with van der Waals surface area (Å²) in [6, 6.07) is 8.30. The number of alkyl halides is 3. The van der Waals surface area contributed by atoms with E-state index in [0.29, 0.717) is 30.0 Å². The van der Waals surface area contributed by atoms with Gasteiger partial charge in [-0.1, -0.05) is 0 Å². The second kappa shape index (κ2) is 7.33. The van der Waals surface area contributed by atoms with Crippen molar-refractivity contribution in [1.82, 2.24) is 10.3 Å². The van der Waals surface area contributed by atoms with Gasteiger partial charge in [0.2, 0.25) is 5.88 Å². The quantitative estimate of drug-likeness (QED) is 0.823. The number of pyridine rings is 1. The molecule has 1 aliphatic rings. The molecule has 1 aromatic heterocycles. The van der Waals surface area contributed by atoms with Crippen molar-refractivity contribution in [3.05, 3.63) is 53.7 Å². The van der Waals surface area contributed by atoms with Gasteiger partial charge in [0.25, 0.3) is 5.91 Å². The summed E-state index contributed by atoms with van der Waals surface area (Å²) in [6.45, 7) is 0.400. The van der Waals surface area contributed by atoms with Crippen LogP contribution in [0.2, 0.25) is 0 Å². The van der Waals surface area contributed by atoms with Crippen molar-refractivity contribution >= 4 is 5.91 Å². The van der Waals surface area contributed by atoms with Gasteiger partial charge in [0.05, 0.1) is 5.56 Å². The third kappa shape index (κ3) is 4.51. The van der Waals surface area contributed by atoms with Crippen molar-refractivity contribution in [3.8, 4) is 11.6 Å². The zero-order valence-electron chi connectivity index (χ0n) is 13.8. The van der Waals surface area contributed by atoms with E-state index in [-0.39, 0.29) is 17.8 Å². The molecule has 1 saturated carbocycles. The highest BCUT2D eigenvalue weighted by molar-refractivity contribution is 5.94. The molecule has 26 heavy (non-hydrogen) atoms. The van der Waals surface area contributed by atoms with Crippen LogP contribution in [0.5, 0.6) is 11.6 Å². The summed E-state index contributed by atoms with van der Waals surface area (Å²) in [5.74, 6) is 0.641. The number of rotatable bonds is 6. The van der Waals surface area contributed by atoms with Crippen LogP contribution in [0.4, 0.5) is 13.2 Å². The Morgan fingerprint density at radius 3 is 2.42 bits per heavy atom. The molecule has 3 N–H and O–H groups in total. The second-order valence-electron chi connectivity index (χ2n) is 6.16. The summed E-state index contributed by atoms with van der Waals surface area (Å²) in [7, 11) is 0. The van der Waals surface area contributed by atoms with Crippen LogP contribution in [0.3, 0.4) is 0 Å². The van der Waals surface area contributed by atoms with Gasteiger partial charge < -0.3 is 15.8 Å². The Bertz CT molecular complexity index is 757. The predicted molar refractivity (Wildman–Crippen MR) is 88.8 cm³/mol. The molecule has 0 radical (unpaired) electrons. The fourth-order valence-electron chi connectivity index (χ4n) is 2.52. The number of amides is 1. The lowest BCUT2D eigenvalue weighted by Gasteiger charge is -2.16. The normalized spacial score (nSPS) is 15.4. The molecule has 138 valence electrons. The number of halogens is 3. The van der Waals surface area contributed by atoms with Crippen molar-refractivity contribution in [1.29, 1.82) is 0 Å². The van der Waals surface area contributed by atoms with Gasteiger partial charge in [-0.3, -0.25) is 4.79 Å². The van der Waals surface area contributed by atoms with E-state index in [9.17, 15) is 18.0 Å². The topological polar surface area (TPSA) is 77.2 Å². The summed E-state index contributed by atoms with van der Waals surface area (Å²) >= 11 is 0. The molecule has 0 saturated heterocycles. The summed E-state index contributed by atoms with van der Waals surface area (Å²) in [6.07, 6.45) is -1.57. The van der Waals surface area contributed by atoms with Gasteiger partial charge in [0, 0.05) is 30.4 Å². The van der Waals surface area contributed by atoms with E-state index in [2.05, 4.69) is 10.3 Å². The number of aromatic nitrogens is 1. The van der Waals surface area contributed by atoms with Crippen LogP contribution in [0.15, 0.2) is 42.6 Å². The van der Waals surface area contributed by atoms with E-state index in [4.69, 9.17) is 10.5 Å². The Morgan fingerprint density at radius 1 is 1.23 bits per heavy atom. The van der Waals surface area contributed by atoms with Gasteiger partial charge in [-0.25, -0.2) is 4.98 Å². The maximum atomic E-state index is 12.5. The molecule has 0 bridgehead atoms. The number of carbonyl (C=O) groups excluding carboxylic acids is 1. The second-order valence-corrected chi connectivity index (χ2v) is 6.16. The molecule has 1 unspecified atom stereocenters. The third-order valence-electron chi connectivity index (χ3n) is 4.16. The van der Waals surface area contributed by atoms with Gasteiger partial charge in [0.1, 0.15) is 5.75 Å². The number of hydrogen-bond donors (Lipinski definition) is 2. The van der Waals surface area contributed by atoms with Crippen LogP contribution in [-0.2, 0) is 6.18 Å². The number of nitrogens with two attached hydrogens (primary N) is 1. The smallest absolute Gasteiger partial charge is 0.417 e. The van der Waals surface area contributed by atoms with Crippen LogP contribution < -0.4 is 15.8 Å². The summed E-state index contributed by atoms with van der Waals surface area (Å²) in [4.78, 5) is 15.9. The lowest BCUT2D eigenvalue weighted by molar-refractivity contribution is -0.137. The molecule has 1 amide bonds. The Labute approximate surface area is 148 Å². The lowest BCUT2D eigenvalue weighted by Crippen LogP contribution is -2.41. The van der Waals surface area contributed by atoms with Crippen LogP contribution in [0.1, 0.15) is 28.8 Å². The van der Waals surface area contributed by atoms with Crippen LogP contribution in [-0.4, -0.2) is 23.5 Å². The fourth-order valence-corrected chi connectivity index (χ4v) is 2.52. The standard InChI is InChI=1S/C18H18F3N3O2/c19-18(20,21)13-5-8-16(23-10-13)26-14-6-3-12(4-7-14)17(25)24-15(9-22)11-1-2-11/h3-8,10-11,15H,1-2,9,22H2,(H,24,25). The molecule has 0 aliphatic heterocycles. The molecule has 2 aromatic rings. The SMILES string of the molecule is NCC(NC(=O)c1ccc(Oc2ccc(C(F)(F)F)cn2)cc1)C1CC1. The van der Waals surface area contributed by atoms with Gasteiger partial charge in [-0.2, -0.15) is 13.2 Å². The van der Waals surface area contributed by atoms with Crippen molar-refractivity contribution in [2.75, 3.05) is 6.54 Å². The molecule has 1 atom stereocenters. The van der Waals surface area contributed by atoms with Gasteiger partial charge in [0.15, 0.2) is 0 Å². The molecular formula is C18H18F3N3O2.